The number of aromatic nitrogens is 2. The third-order valence-corrected chi connectivity index (χ3v) is 5.13. The van der Waals surface area contributed by atoms with Gasteiger partial charge >= 0.3 is 0 Å². The molecule has 2 heterocycles. The third-order valence-electron chi connectivity index (χ3n) is 5.13. The molecule has 4 rings (SSSR count). The van der Waals surface area contributed by atoms with Crippen molar-refractivity contribution in [1.29, 1.82) is 0 Å². The van der Waals surface area contributed by atoms with E-state index in [9.17, 15) is 4.79 Å². The molecule has 5 heteroatoms. The molecular formula is C23H25N3O2. The van der Waals surface area contributed by atoms with E-state index in [1.807, 2.05) is 30.5 Å². The maximum atomic E-state index is 12.4. The van der Waals surface area contributed by atoms with Gasteiger partial charge in [0.1, 0.15) is 0 Å². The van der Waals surface area contributed by atoms with Crippen LogP contribution in [0.15, 0.2) is 60.9 Å². The molecule has 0 unspecified atom stereocenters. The second kappa shape index (κ2) is 8.31. The Hall–Kier alpha value is -3.05. The normalized spacial score (nSPS) is 11.3. The fraction of sp³-hybridized carbons (Fsp3) is 0.261. The molecule has 4 aromatic rings. The molecule has 2 aromatic carbocycles. The lowest BCUT2D eigenvalue weighted by Crippen LogP contribution is -2.11. The number of H-pyrrole nitrogens is 1. The quantitative estimate of drug-likeness (QED) is 0.468. The van der Waals surface area contributed by atoms with Gasteiger partial charge in [0.05, 0.1) is 12.3 Å². The van der Waals surface area contributed by atoms with E-state index in [1.165, 1.54) is 16.5 Å². The van der Waals surface area contributed by atoms with E-state index in [0.29, 0.717) is 13.0 Å². The number of nitrogens with zero attached hydrogens (tertiary/aromatic N) is 1. The first kappa shape index (κ1) is 18.3. The smallest absolute Gasteiger partial charge is 0.224 e. The van der Waals surface area contributed by atoms with Gasteiger partial charge in [-0.25, -0.2) is 0 Å². The summed E-state index contributed by atoms with van der Waals surface area (Å²) in [5.41, 5.74) is 4.40. The molecule has 5 nitrogen and oxygen atoms in total. The van der Waals surface area contributed by atoms with Crippen molar-refractivity contribution < 1.29 is 9.53 Å². The number of fused-ring (bicyclic) bond motifs is 2. The van der Waals surface area contributed by atoms with Crippen LogP contribution in [0.25, 0.3) is 21.8 Å². The fourth-order valence-electron chi connectivity index (χ4n) is 3.74. The first-order chi connectivity index (χ1) is 13.8. The van der Waals surface area contributed by atoms with Gasteiger partial charge in [-0.15, -0.1) is 0 Å². The fourth-order valence-corrected chi connectivity index (χ4v) is 3.74. The molecule has 0 aliphatic heterocycles. The summed E-state index contributed by atoms with van der Waals surface area (Å²) in [6.45, 7) is 1.52. The summed E-state index contributed by atoms with van der Waals surface area (Å²) in [5, 5.41) is 5.35. The maximum Gasteiger partial charge on any atom is 0.224 e. The number of rotatable bonds is 8. The van der Waals surface area contributed by atoms with Crippen molar-refractivity contribution in [3.63, 3.8) is 0 Å². The van der Waals surface area contributed by atoms with Crippen LogP contribution in [0.5, 0.6) is 0 Å². The minimum Gasteiger partial charge on any atom is -0.383 e. The van der Waals surface area contributed by atoms with Crippen molar-refractivity contribution in [2.45, 2.75) is 25.8 Å². The molecule has 0 spiro atoms. The lowest BCUT2D eigenvalue weighted by atomic mass is 10.1. The summed E-state index contributed by atoms with van der Waals surface area (Å²) >= 11 is 0. The minimum atomic E-state index is 0.0526. The Morgan fingerprint density at radius 1 is 1.11 bits per heavy atom. The zero-order valence-electron chi connectivity index (χ0n) is 16.1. The zero-order chi connectivity index (χ0) is 19.3. The Kier molecular flexibility index (Phi) is 5.44. The number of hydrogen-bond acceptors (Lipinski definition) is 2. The van der Waals surface area contributed by atoms with E-state index in [2.05, 4.69) is 45.3 Å². The van der Waals surface area contributed by atoms with Crippen molar-refractivity contribution in [2.24, 2.45) is 0 Å². The number of ether oxygens (including phenoxy) is 1. The molecule has 0 saturated carbocycles. The van der Waals surface area contributed by atoms with E-state index < -0.39 is 0 Å². The van der Waals surface area contributed by atoms with Crippen LogP contribution in [0.3, 0.4) is 0 Å². The Balaban J connectivity index is 1.39. The molecule has 0 bridgehead atoms. The van der Waals surface area contributed by atoms with Gasteiger partial charge in [-0.2, -0.15) is 0 Å². The van der Waals surface area contributed by atoms with Gasteiger partial charge in [0, 0.05) is 54.3 Å². The van der Waals surface area contributed by atoms with Crippen LogP contribution >= 0.6 is 0 Å². The van der Waals surface area contributed by atoms with E-state index >= 15 is 0 Å². The molecule has 0 radical (unpaired) electrons. The number of aromatic amines is 1. The minimum absolute atomic E-state index is 0.0526. The van der Waals surface area contributed by atoms with Crippen molar-refractivity contribution in [3.05, 3.63) is 66.5 Å². The SMILES string of the molecule is COCCn1cc(CCCC(=O)Nc2cccc3[nH]ccc23)c2ccccc21. The number of benzene rings is 2. The van der Waals surface area contributed by atoms with E-state index in [1.54, 1.807) is 7.11 Å². The second-order valence-corrected chi connectivity index (χ2v) is 7.00. The van der Waals surface area contributed by atoms with E-state index in [-0.39, 0.29) is 5.91 Å². The van der Waals surface area contributed by atoms with Crippen LogP contribution in [0, 0.1) is 0 Å². The lowest BCUT2D eigenvalue weighted by Gasteiger charge is -2.06. The van der Waals surface area contributed by atoms with Gasteiger partial charge in [-0.1, -0.05) is 24.3 Å². The molecule has 0 atom stereocenters. The van der Waals surface area contributed by atoms with Crippen molar-refractivity contribution >= 4 is 33.4 Å². The van der Waals surface area contributed by atoms with Gasteiger partial charge in [0.25, 0.3) is 0 Å². The van der Waals surface area contributed by atoms with Gasteiger partial charge < -0.3 is 19.6 Å². The highest BCUT2D eigenvalue weighted by atomic mass is 16.5. The standard InChI is InChI=1S/C23H25N3O2/c1-28-15-14-26-16-17(18-7-2-3-10-22(18)26)6-4-11-23(27)25-21-9-5-8-20-19(21)12-13-24-20/h2-3,5,7-10,12-13,16,24H,4,6,11,14-15H2,1H3,(H,25,27). The highest BCUT2D eigenvalue weighted by molar-refractivity contribution is 6.01. The Labute approximate surface area is 164 Å². The Morgan fingerprint density at radius 3 is 2.89 bits per heavy atom. The summed E-state index contributed by atoms with van der Waals surface area (Å²) in [7, 11) is 1.72. The van der Waals surface area contributed by atoms with Crippen LogP contribution in [0.1, 0.15) is 18.4 Å². The van der Waals surface area contributed by atoms with Crippen LogP contribution < -0.4 is 5.32 Å². The summed E-state index contributed by atoms with van der Waals surface area (Å²) < 4.78 is 7.46. The van der Waals surface area contributed by atoms with Crippen molar-refractivity contribution in [2.75, 3.05) is 19.0 Å². The molecule has 144 valence electrons. The number of carbonyl (C=O) groups is 1. The van der Waals surface area contributed by atoms with Crippen LogP contribution in [0.4, 0.5) is 5.69 Å². The summed E-state index contributed by atoms with van der Waals surface area (Å²) in [4.78, 5) is 15.6. The Morgan fingerprint density at radius 2 is 2.00 bits per heavy atom. The average molecular weight is 375 g/mol. The van der Waals surface area contributed by atoms with Crippen LogP contribution in [-0.4, -0.2) is 29.2 Å². The molecule has 0 saturated heterocycles. The van der Waals surface area contributed by atoms with Crippen LogP contribution in [0.2, 0.25) is 0 Å². The molecule has 0 aliphatic rings. The molecule has 0 aliphatic carbocycles. The maximum absolute atomic E-state index is 12.4. The number of methoxy groups -OCH3 is 1. The summed E-state index contributed by atoms with van der Waals surface area (Å²) in [6.07, 6.45) is 6.27. The zero-order valence-corrected chi connectivity index (χ0v) is 16.1. The number of hydrogen-bond donors (Lipinski definition) is 2. The highest BCUT2D eigenvalue weighted by Crippen LogP contribution is 2.24. The third kappa shape index (κ3) is 3.80. The predicted molar refractivity (Wildman–Crippen MR) is 114 cm³/mol. The first-order valence-electron chi connectivity index (χ1n) is 9.68. The Bertz CT molecular complexity index is 1090. The van der Waals surface area contributed by atoms with Gasteiger partial charge in [-0.3, -0.25) is 4.79 Å². The molecule has 2 aromatic heterocycles. The number of aryl methyl sites for hydroxylation is 1. The van der Waals surface area contributed by atoms with Crippen LogP contribution in [-0.2, 0) is 22.5 Å². The second-order valence-electron chi connectivity index (χ2n) is 7.00. The number of anilines is 1. The number of amides is 1. The largest absolute Gasteiger partial charge is 0.383 e. The van der Waals surface area contributed by atoms with Gasteiger partial charge in [-0.05, 0) is 42.7 Å². The van der Waals surface area contributed by atoms with Gasteiger partial charge in [0.2, 0.25) is 5.91 Å². The molecule has 1 amide bonds. The molecule has 0 fully saturated rings. The summed E-state index contributed by atoms with van der Waals surface area (Å²) in [5.74, 6) is 0.0526. The number of carbonyl (C=O) groups excluding carboxylic acids is 1. The number of para-hydroxylation sites is 1. The highest BCUT2D eigenvalue weighted by Gasteiger charge is 2.10. The van der Waals surface area contributed by atoms with E-state index in [0.717, 1.165) is 36.0 Å². The predicted octanol–water partition coefficient (Wildman–Crippen LogP) is 4.73. The van der Waals surface area contributed by atoms with E-state index in [4.69, 9.17) is 4.74 Å². The molecule has 28 heavy (non-hydrogen) atoms. The molecular weight excluding hydrogens is 350 g/mol. The van der Waals surface area contributed by atoms with Crippen molar-refractivity contribution in [3.8, 4) is 0 Å². The molecule has 2 N–H and O–H groups in total. The monoisotopic (exact) mass is 375 g/mol. The number of nitrogens with one attached hydrogen (secondary N) is 2. The summed E-state index contributed by atoms with van der Waals surface area (Å²) in [6, 6.07) is 16.3. The lowest BCUT2D eigenvalue weighted by molar-refractivity contribution is -0.116. The van der Waals surface area contributed by atoms with Gasteiger partial charge in [0.15, 0.2) is 0 Å². The average Bonchev–Trinajstić information content (AvgIpc) is 3.32. The van der Waals surface area contributed by atoms with Crippen molar-refractivity contribution in [1.82, 2.24) is 9.55 Å². The topological polar surface area (TPSA) is 59.0 Å². The first-order valence-corrected chi connectivity index (χ1v) is 9.68.